The van der Waals surface area contributed by atoms with Gasteiger partial charge in [0.25, 0.3) is 5.69 Å². The van der Waals surface area contributed by atoms with Gasteiger partial charge in [0.05, 0.1) is 28.4 Å². The third-order valence-corrected chi connectivity index (χ3v) is 11.8. The maximum absolute atomic E-state index is 13.9. The number of pyridine rings is 1. The van der Waals surface area contributed by atoms with E-state index in [4.69, 9.17) is 23.4 Å². The molecule has 1 N–H and O–H groups in total. The van der Waals surface area contributed by atoms with Gasteiger partial charge in [0.1, 0.15) is 41.5 Å². The van der Waals surface area contributed by atoms with Crippen LogP contribution in [-0.2, 0) is 23.8 Å². The van der Waals surface area contributed by atoms with Crippen LogP contribution in [0.4, 0.5) is 5.69 Å². The number of ether oxygens (including phenoxy) is 4. The zero-order valence-corrected chi connectivity index (χ0v) is 31.4. The van der Waals surface area contributed by atoms with Crippen LogP contribution in [0.1, 0.15) is 89.8 Å². The van der Waals surface area contributed by atoms with E-state index in [1.807, 2.05) is 13.8 Å². The van der Waals surface area contributed by atoms with Gasteiger partial charge >= 0.3 is 23.5 Å². The molecule has 14 heteroatoms. The van der Waals surface area contributed by atoms with Crippen molar-refractivity contribution in [1.82, 2.24) is 4.98 Å². The quantitative estimate of drug-likeness (QED) is 0.112. The predicted molar refractivity (Wildman–Crippen MR) is 192 cm³/mol. The molecule has 0 amide bonds. The third kappa shape index (κ3) is 6.65. The predicted octanol–water partition coefficient (Wildman–Crippen LogP) is 6.23. The monoisotopic (exact) mass is 746 g/mol. The highest BCUT2D eigenvalue weighted by atomic mass is 16.6. The smallest absolute Gasteiger partial charge is 0.345 e. The summed E-state index contributed by atoms with van der Waals surface area (Å²) >= 11 is 0. The van der Waals surface area contributed by atoms with Gasteiger partial charge < -0.3 is 28.5 Å². The fraction of sp³-hybridized carbons (Fsp3) is 0.525. The van der Waals surface area contributed by atoms with Gasteiger partial charge in [-0.1, -0.05) is 41.5 Å². The van der Waals surface area contributed by atoms with Crippen LogP contribution in [0.3, 0.4) is 0 Å². The fourth-order valence-electron chi connectivity index (χ4n) is 8.97. The number of carbonyl (C=O) groups is 3. The first-order chi connectivity index (χ1) is 25.4. The summed E-state index contributed by atoms with van der Waals surface area (Å²) in [5.41, 5.74) is -3.95. The Labute approximate surface area is 312 Å². The largest absolute Gasteiger partial charge is 0.482 e. The van der Waals surface area contributed by atoms with Crippen LogP contribution in [0, 0.1) is 44.6 Å². The second kappa shape index (κ2) is 14.3. The summed E-state index contributed by atoms with van der Waals surface area (Å²) in [6.45, 7) is 12.3. The standard InChI is InChI=1S/C40H46N2O12/c1-21(2)34(44)50-20-39(6)28-18-30(53-36(46)23-10-12-25(13-11-23)42(48)49)40(7)33(38(28,5)15-14-29(39)52-35(45)22(3)4)32(43)31-27(54-40)17-26(51-37(31)47)24-9-8-16-41-19-24/h8-13,16-17,19,21-22,28-30,32-33,43H,14-15,18,20H2,1-7H3/t28-,29+,30+,32+,33-,38+,39+,40-/m1/s1. The molecule has 0 radical (unpaired) electrons. The fourth-order valence-corrected chi connectivity index (χ4v) is 8.97. The molecule has 14 nitrogen and oxygen atoms in total. The number of hydrogen-bond donors (Lipinski definition) is 1. The van der Waals surface area contributed by atoms with Crippen LogP contribution in [0.15, 0.2) is 64.1 Å². The molecule has 0 spiro atoms. The number of aliphatic hydroxyl groups is 1. The Kier molecular flexibility index (Phi) is 10.2. The van der Waals surface area contributed by atoms with Crippen molar-refractivity contribution < 1.29 is 47.8 Å². The van der Waals surface area contributed by atoms with Crippen molar-refractivity contribution in [3.63, 3.8) is 0 Å². The summed E-state index contributed by atoms with van der Waals surface area (Å²) in [5, 5.41) is 23.7. The van der Waals surface area contributed by atoms with E-state index in [2.05, 4.69) is 4.98 Å². The maximum Gasteiger partial charge on any atom is 0.345 e. The normalized spacial score (nSPS) is 29.9. The number of benzene rings is 1. The minimum Gasteiger partial charge on any atom is -0.482 e. The van der Waals surface area contributed by atoms with Crippen LogP contribution in [0.2, 0.25) is 0 Å². The molecular formula is C40H46N2O12. The summed E-state index contributed by atoms with van der Waals surface area (Å²) in [7, 11) is 0. The molecule has 2 aliphatic carbocycles. The summed E-state index contributed by atoms with van der Waals surface area (Å²) in [4.78, 5) is 68.5. The van der Waals surface area contributed by atoms with Crippen molar-refractivity contribution in [3.05, 3.63) is 86.5 Å². The van der Waals surface area contributed by atoms with Crippen LogP contribution in [-0.4, -0.2) is 57.3 Å². The molecule has 1 aliphatic heterocycles. The molecule has 3 heterocycles. The van der Waals surface area contributed by atoms with Gasteiger partial charge in [-0.15, -0.1) is 0 Å². The number of nitro benzene ring substituents is 1. The molecule has 288 valence electrons. The molecule has 3 aliphatic rings. The number of rotatable bonds is 9. The first-order valence-electron chi connectivity index (χ1n) is 18.2. The highest BCUT2D eigenvalue weighted by Gasteiger charge is 2.71. The lowest BCUT2D eigenvalue weighted by atomic mass is 9.42. The summed E-state index contributed by atoms with van der Waals surface area (Å²) < 4.78 is 30.8. The number of esters is 3. The van der Waals surface area contributed by atoms with E-state index >= 15 is 0 Å². The van der Waals surface area contributed by atoms with Gasteiger partial charge in [-0.3, -0.25) is 24.7 Å². The number of aromatic nitrogens is 1. The second-order valence-corrected chi connectivity index (χ2v) is 16.0. The lowest BCUT2D eigenvalue weighted by molar-refractivity contribution is -0.384. The van der Waals surface area contributed by atoms with E-state index in [-0.39, 0.29) is 41.4 Å². The van der Waals surface area contributed by atoms with E-state index in [9.17, 15) is 34.4 Å². The Morgan fingerprint density at radius 3 is 2.31 bits per heavy atom. The van der Waals surface area contributed by atoms with Crippen molar-refractivity contribution >= 4 is 23.6 Å². The van der Waals surface area contributed by atoms with Crippen molar-refractivity contribution in [2.75, 3.05) is 6.61 Å². The zero-order chi connectivity index (χ0) is 39.3. The summed E-state index contributed by atoms with van der Waals surface area (Å²) in [6.07, 6.45) is 0.671. The lowest BCUT2D eigenvalue weighted by Gasteiger charge is -2.66. The molecule has 1 aromatic carbocycles. The number of hydrogen-bond acceptors (Lipinski definition) is 13. The van der Waals surface area contributed by atoms with Crippen molar-refractivity contribution in [1.29, 1.82) is 0 Å². The first-order valence-corrected chi connectivity index (χ1v) is 18.2. The molecule has 0 saturated heterocycles. The minimum atomic E-state index is -1.47. The molecule has 0 unspecified atom stereocenters. The Morgan fingerprint density at radius 1 is 1.02 bits per heavy atom. The van der Waals surface area contributed by atoms with Gasteiger partial charge in [-0.05, 0) is 61.8 Å². The number of non-ortho nitro benzene ring substituents is 1. The van der Waals surface area contributed by atoms with E-state index in [1.54, 1.807) is 52.9 Å². The molecule has 8 atom stereocenters. The van der Waals surface area contributed by atoms with E-state index in [0.29, 0.717) is 18.4 Å². The second-order valence-electron chi connectivity index (χ2n) is 16.0. The highest BCUT2D eigenvalue weighted by Crippen LogP contribution is 2.67. The Hall–Kier alpha value is -5.11. The molecule has 2 saturated carbocycles. The average Bonchev–Trinajstić information content (AvgIpc) is 3.12. The van der Waals surface area contributed by atoms with E-state index in [0.717, 1.165) is 0 Å². The van der Waals surface area contributed by atoms with Crippen LogP contribution < -0.4 is 10.4 Å². The van der Waals surface area contributed by atoms with Crippen LogP contribution >= 0.6 is 0 Å². The van der Waals surface area contributed by atoms with Crippen LogP contribution in [0.5, 0.6) is 5.75 Å². The van der Waals surface area contributed by atoms with Gasteiger partial charge in [0, 0.05) is 47.5 Å². The number of fused-ring (bicyclic) bond motifs is 4. The Balaban J connectivity index is 1.49. The summed E-state index contributed by atoms with van der Waals surface area (Å²) in [6, 6.07) is 9.89. The van der Waals surface area contributed by atoms with E-state index in [1.165, 1.54) is 36.5 Å². The molecule has 2 aromatic heterocycles. The topological polar surface area (TPSA) is 195 Å². The van der Waals surface area contributed by atoms with Crippen LogP contribution in [0.25, 0.3) is 11.3 Å². The van der Waals surface area contributed by atoms with Gasteiger partial charge in [0.2, 0.25) is 0 Å². The summed E-state index contributed by atoms with van der Waals surface area (Å²) in [5.74, 6) is -3.77. The molecular weight excluding hydrogens is 700 g/mol. The number of aliphatic hydroxyl groups excluding tert-OH is 1. The molecule has 3 aromatic rings. The highest BCUT2D eigenvalue weighted by molar-refractivity contribution is 5.89. The molecule has 0 bridgehead atoms. The lowest BCUT2D eigenvalue weighted by Crippen LogP contribution is -2.71. The van der Waals surface area contributed by atoms with Crippen molar-refractivity contribution in [2.45, 2.75) is 91.6 Å². The van der Waals surface area contributed by atoms with Gasteiger partial charge in [0.15, 0.2) is 0 Å². The van der Waals surface area contributed by atoms with Crippen molar-refractivity contribution in [3.8, 4) is 17.1 Å². The first kappa shape index (κ1) is 38.6. The van der Waals surface area contributed by atoms with Gasteiger partial charge in [-0.2, -0.15) is 0 Å². The number of carbonyl (C=O) groups excluding carboxylic acids is 3. The van der Waals surface area contributed by atoms with Crippen molar-refractivity contribution in [2.24, 2.45) is 34.5 Å². The third-order valence-electron chi connectivity index (χ3n) is 11.8. The molecule has 6 rings (SSSR count). The Bertz CT molecular complexity index is 2000. The number of nitro groups is 1. The number of nitrogens with zero attached hydrogens (tertiary/aromatic N) is 2. The zero-order valence-electron chi connectivity index (χ0n) is 31.4. The maximum atomic E-state index is 13.9. The van der Waals surface area contributed by atoms with E-state index < -0.39 is 86.9 Å². The minimum absolute atomic E-state index is 0.0476. The molecule has 54 heavy (non-hydrogen) atoms. The molecule has 2 fully saturated rings. The Morgan fingerprint density at radius 2 is 1.70 bits per heavy atom. The average molecular weight is 747 g/mol. The SMILES string of the molecule is CC(C)C(=O)OC[C@@]1(C)[C@@H]2C[C@H](OC(=O)c3ccc([N+](=O)[O-])cc3)[C@@]3(C)Oc4cc(-c5cccnc5)oc(=O)c4[C@H](O)[C@@H]3[C@@]2(C)CC[C@@H]1OC(=O)C(C)C. The van der Waals surface area contributed by atoms with Gasteiger partial charge in [-0.25, -0.2) is 9.59 Å².